The molecule has 4 nitrogen and oxygen atoms in total. The van der Waals surface area contributed by atoms with E-state index in [1.165, 1.54) is 0 Å². The molecule has 1 aliphatic heterocycles. The average Bonchev–Trinajstić information content (AvgIpc) is 2.39. The SMILES string of the molecule is NC(=S)c1ccc(Br)cc1NCCN1CCOCC1. The summed E-state index contributed by atoms with van der Waals surface area (Å²) in [6, 6.07) is 5.89. The van der Waals surface area contributed by atoms with E-state index in [2.05, 4.69) is 26.1 Å². The van der Waals surface area contributed by atoms with Crippen molar-refractivity contribution in [2.45, 2.75) is 0 Å². The van der Waals surface area contributed by atoms with Crippen LogP contribution in [0.5, 0.6) is 0 Å². The predicted octanol–water partition coefficient (Wildman–Crippen LogP) is 1.83. The molecule has 1 fully saturated rings. The van der Waals surface area contributed by atoms with E-state index in [0.29, 0.717) is 4.99 Å². The van der Waals surface area contributed by atoms with Gasteiger partial charge < -0.3 is 15.8 Å². The maximum atomic E-state index is 5.73. The van der Waals surface area contributed by atoms with Crippen LogP contribution in [0.1, 0.15) is 5.56 Å². The molecule has 1 heterocycles. The number of thiocarbonyl (C=S) groups is 1. The lowest BCUT2D eigenvalue weighted by Gasteiger charge is -2.26. The number of hydrogen-bond acceptors (Lipinski definition) is 4. The van der Waals surface area contributed by atoms with Gasteiger partial charge in [0.25, 0.3) is 0 Å². The van der Waals surface area contributed by atoms with Crippen molar-refractivity contribution < 1.29 is 4.74 Å². The molecule has 0 unspecified atom stereocenters. The van der Waals surface area contributed by atoms with E-state index in [1.54, 1.807) is 0 Å². The molecule has 2 rings (SSSR count). The van der Waals surface area contributed by atoms with Crippen molar-refractivity contribution in [2.24, 2.45) is 5.73 Å². The van der Waals surface area contributed by atoms with Crippen LogP contribution in [0.2, 0.25) is 0 Å². The number of morpholine rings is 1. The Bertz CT molecular complexity index is 450. The third-order valence-electron chi connectivity index (χ3n) is 3.09. The third kappa shape index (κ3) is 4.42. The number of nitrogens with zero attached hydrogens (tertiary/aromatic N) is 1. The lowest BCUT2D eigenvalue weighted by Crippen LogP contribution is -2.39. The van der Waals surface area contributed by atoms with Crippen molar-refractivity contribution in [3.63, 3.8) is 0 Å². The molecule has 6 heteroatoms. The maximum Gasteiger partial charge on any atom is 0.106 e. The first kappa shape index (κ1) is 14.7. The Balaban J connectivity index is 1.91. The lowest BCUT2D eigenvalue weighted by atomic mass is 10.2. The summed E-state index contributed by atoms with van der Waals surface area (Å²) in [6.07, 6.45) is 0. The van der Waals surface area contributed by atoms with Gasteiger partial charge in [0.15, 0.2) is 0 Å². The highest BCUT2D eigenvalue weighted by molar-refractivity contribution is 9.10. The summed E-state index contributed by atoms with van der Waals surface area (Å²) in [5.41, 5.74) is 7.60. The Morgan fingerprint density at radius 1 is 1.42 bits per heavy atom. The first-order valence-electron chi connectivity index (χ1n) is 6.30. The maximum absolute atomic E-state index is 5.73. The van der Waals surface area contributed by atoms with E-state index in [4.69, 9.17) is 22.7 Å². The minimum absolute atomic E-state index is 0.418. The predicted molar refractivity (Wildman–Crippen MR) is 85.8 cm³/mol. The van der Waals surface area contributed by atoms with Gasteiger partial charge in [0.1, 0.15) is 4.99 Å². The van der Waals surface area contributed by atoms with Crippen LogP contribution in [0.25, 0.3) is 0 Å². The molecule has 104 valence electrons. The Labute approximate surface area is 127 Å². The summed E-state index contributed by atoms with van der Waals surface area (Å²) >= 11 is 8.53. The van der Waals surface area contributed by atoms with E-state index in [1.807, 2.05) is 18.2 Å². The quantitative estimate of drug-likeness (QED) is 0.799. The summed E-state index contributed by atoms with van der Waals surface area (Å²) in [7, 11) is 0. The number of rotatable bonds is 5. The lowest BCUT2D eigenvalue weighted by molar-refractivity contribution is 0.0398. The van der Waals surface area contributed by atoms with Crippen LogP contribution in [-0.4, -0.2) is 49.3 Å². The molecule has 1 aliphatic rings. The molecule has 0 saturated carbocycles. The average molecular weight is 344 g/mol. The Morgan fingerprint density at radius 3 is 2.84 bits per heavy atom. The molecule has 3 N–H and O–H groups in total. The Hall–Kier alpha value is -0.690. The van der Waals surface area contributed by atoms with Crippen LogP contribution in [0, 0.1) is 0 Å². The van der Waals surface area contributed by atoms with Crippen molar-refractivity contribution in [3.05, 3.63) is 28.2 Å². The van der Waals surface area contributed by atoms with E-state index in [-0.39, 0.29) is 0 Å². The van der Waals surface area contributed by atoms with Crippen molar-refractivity contribution >= 4 is 38.8 Å². The van der Waals surface area contributed by atoms with Crippen LogP contribution in [0.3, 0.4) is 0 Å². The highest BCUT2D eigenvalue weighted by Gasteiger charge is 2.10. The van der Waals surface area contributed by atoms with E-state index < -0.39 is 0 Å². The minimum Gasteiger partial charge on any atom is -0.389 e. The van der Waals surface area contributed by atoms with Gasteiger partial charge in [0.05, 0.1) is 13.2 Å². The van der Waals surface area contributed by atoms with E-state index in [9.17, 15) is 0 Å². The molecule has 1 saturated heterocycles. The molecule has 0 bridgehead atoms. The zero-order chi connectivity index (χ0) is 13.7. The van der Waals surface area contributed by atoms with Gasteiger partial charge in [-0.1, -0.05) is 28.1 Å². The van der Waals surface area contributed by atoms with Gasteiger partial charge in [-0.25, -0.2) is 0 Å². The topological polar surface area (TPSA) is 50.5 Å². The van der Waals surface area contributed by atoms with Gasteiger partial charge in [-0.15, -0.1) is 0 Å². The molecule has 1 aromatic rings. The zero-order valence-corrected chi connectivity index (χ0v) is 13.1. The number of hydrogen-bond donors (Lipinski definition) is 2. The first-order chi connectivity index (χ1) is 9.16. The van der Waals surface area contributed by atoms with Crippen LogP contribution in [-0.2, 0) is 4.74 Å². The van der Waals surface area contributed by atoms with Gasteiger partial charge in [-0.05, 0) is 18.2 Å². The largest absolute Gasteiger partial charge is 0.389 e. The summed E-state index contributed by atoms with van der Waals surface area (Å²) in [6.45, 7) is 5.52. The molecule has 0 aromatic heterocycles. The summed E-state index contributed by atoms with van der Waals surface area (Å²) in [5.74, 6) is 0. The van der Waals surface area contributed by atoms with Crippen molar-refractivity contribution in [1.29, 1.82) is 0 Å². The molecule has 0 radical (unpaired) electrons. The Morgan fingerprint density at radius 2 is 2.16 bits per heavy atom. The number of nitrogens with two attached hydrogens (primary N) is 1. The zero-order valence-electron chi connectivity index (χ0n) is 10.7. The number of benzene rings is 1. The number of ether oxygens (including phenoxy) is 1. The van der Waals surface area contributed by atoms with Crippen molar-refractivity contribution in [3.8, 4) is 0 Å². The summed E-state index contributed by atoms with van der Waals surface area (Å²) in [5, 5.41) is 3.40. The molecular formula is C13H18BrN3OS. The van der Waals surface area contributed by atoms with Gasteiger partial charge in [-0.2, -0.15) is 0 Å². The highest BCUT2D eigenvalue weighted by atomic mass is 79.9. The van der Waals surface area contributed by atoms with Crippen LogP contribution in [0.15, 0.2) is 22.7 Å². The third-order valence-corrected chi connectivity index (χ3v) is 3.81. The Kier molecular flexibility index (Phi) is 5.57. The summed E-state index contributed by atoms with van der Waals surface area (Å²) < 4.78 is 6.34. The minimum atomic E-state index is 0.418. The fourth-order valence-electron chi connectivity index (χ4n) is 2.05. The fourth-order valence-corrected chi connectivity index (χ4v) is 2.59. The van der Waals surface area contributed by atoms with Gasteiger partial charge >= 0.3 is 0 Å². The normalized spacial score (nSPS) is 16.3. The fraction of sp³-hybridized carbons (Fsp3) is 0.462. The van der Waals surface area contributed by atoms with Crippen LogP contribution >= 0.6 is 28.1 Å². The second-order valence-corrected chi connectivity index (χ2v) is 5.79. The standard InChI is InChI=1S/C13H18BrN3OS/c14-10-1-2-11(13(15)19)12(9-10)16-3-4-17-5-7-18-8-6-17/h1-2,9,16H,3-8H2,(H2,15,19). The van der Waals surface area contributed by atoms with Gasteiger partial charge in [0.2, 0.25) is 0 Å². The molecule has 0 amide bonds. The van der Waals surface area contributed by atoms with E-state index in [0.717, 1.165) is 55.1 Å². The van der Waals surface area contributed by atoms with Crippen LogP contribution < -0.4 is 11.1 Å². The monoisotopic (exact) mass is 343 g/mol. The molecule has 1 aromatic carbocycles. The number of halogens is 1. The number of nitrogens with one attached hydrogen (secondary N) is 1. The summed E-state index contributed by atoms with van der Waals surface area (Å²) in [4.78, 5) is 2.80. The smallest absolute Gasteiger partial charge is 0.106 e. The highest BCUT2D eigenvalue weighted by Crippen LogP contribution is 2.21. The van der Waals surface area contributed by atoms with Crippen LogP contribution in [0.4, 0.5) is 5.69 Å². The molecular weight excluding hydrogens is 326 g/mol. The second-order valence-electron chi connectivity index (χ2n) is 4.43. The first-order valence-corrected chi connectivity index (χ1v) is 7.50. The van der Waals surface area contributed by atoms with Gasteiger partial charge in [-0.3, -0.25) is 4.90 Å². The van der Waals surface area contributed by atoms with E-state index >= 15 is 0 Å². The molecule has 19 heavy (non-hydrogen) atoms. The molecule has 0 atom stereocenters. The number of anilines is 1. The molecule has 0 spiro atoms. The van der Waals surface area contributed by atoms with Crippen molar-refractivity contribution in [2.75, 3.05) is 44.7 Å². The second kappa shape index (κ2) is 7.19. The molecule has 0 aliphatic carbocycles. The van der Waals surface area contributed by atoms with Crippen molar-refractivity contribution in [1.82, 2.24) is 4.90 Å². The van der Waals surface area contributed by atoms with Gasteiger partial charge in [0, 0.05) is 41.9 Å².